The first-order chi connectivity index (χ1) is 27.1. The minimum Gasteiger partial charge on any atom is -0.544 e. The summed E-state index contributed by atoms with van der Waals surface area (Å²) in [7, 11) is 5.42. The summed E-state index contributed by atoms with van der Waals surface area (Å²) in [5.74, 6) is -1.72. The summed E-state index contributed by atoms with van der Waals surface area (Å²) in [4.78, 5) is 36.9. The summed E-state index contributed by atoms with van der Waals surface area (Å²) >= 11 is 0. The van der Waals surface area contributed by atoms with Crippen molar-refractivity contribution >= 4 is 17.9 Å². The Morgan fingerprint density at radius 1 is 0.518 bits per heavy atom. The highest BCUT2D eigenvalue weighted by atomic mass is 16.6. The number of nitrogens with zero attached hydrogens (tertiary/aromatic N) is 1. The van der Waals surface area contributed by atoms with Crippen LogP contribution in [0.1, 0.15) is 226 Å². The number of aliphatic carboxylic acids is 1. The Labute approximate surface area is 346 Å². The van der Waals surface area contributed by atoms with Gasteiger partial charge in [-0.15, -0.1) is 0 Å². The number of carbonyl (C=O) groups is 3. The molecule has 0 aliphatic rings. The number of hydrogen-bond donors (Lipinski definition) is 0. The predicted molar refractivity (Wildman–Crippen MR) is 231 cm³/mol. The van der Waals surface area contributed by atoms with Crippen LogP contribution < -0.4 is 5.11 Å². The van der Waals surface area contributed by atoms with E-state index in [1.165, 1.54) is 154 Å². The van der Waals surface area contributed by atoms with E-state index in [9.17, 15) is 19.5 Å². The number of likely N-dealkylation sites (N-methyl/N-ethyl adjacent to an activating group) is 1. The molecule has 0 radical (unpaired) electrons. The van der Waals surface area contributed by atoms with E-state index in [1.54, 1.807) is 21.1 Å². The van der Waals surface area contributed by atoms with E-state index in [0.29, 0.717) is 12.8 Å². The number of quaternary nitrogens is 1. The molecule has 0 aromatic rings. The Bertz CT molecular complexity index is 931. The van der Waals surface area contributed by atoms with Crippen LogP contribution in [0, 0.1) is 0 Å². The van der Waals surface area contributed by atoms with Gasteiger partial charge in [-0.25, -0.2) is 0 Å². The minimum absolute atomic E-state index is 0.0447. The van der Waals surface area contributed by atoms with Crippen LogP contribution in [0.2, 0.25) is 0 Å². The van der Waals surface area contributed by atoms with Crippen LogP contribution in [-0.2, 0) is 28.6 Å². The van der Waals surface area contributed by atoms with Crippen molar-refractivity contribution in [3.63, 3.8) is 0 Å². The highest BCUT2D eigenvalue weighted by molar-refractivity contribution is 5.70. The van der Waals surface area contributed by atoms with Gasteiger partial charge in [0.15, 0.2) is 6.10 Å². The van der Waals surface area contributed by atoms with Crippen molar-refractivity contribution in [2.75, 3.05) is 41.0 Å². The molecule has 0 rings (SSSR count). The molecule has 0 aliphatic heterocycles. The van der Waals surface area contributed by atoms with Gasteiger partial charge in [0.05, 0.1) is 40.3 Å². The number of unbranched alkanes of at least 4 members (excludes halogenated alkanes) is 27. The van der Waals surface area contributed by atoms with Crippen molar-refractivity contribution in [1.82, 2.24) is 0 Å². The molecule has 0 saturated heterocycles. The molecule has 0 aliphatic carbocycles. The van der Waals surface area contributed by atoms with Crippen LogP contribution >= 0.6 is 0 Å². The third-order valence-electron chi connectivity index (χ3n) is 10.9. The second-order valence-corrected chi connectivity index (χ2v) is 17.4. The van der Waals surface area contributed by atoms with Crippen LogP contribution in [0.3, 0.4) is 0 Å². The van der Waals surface area contributed by atoms with Gasteiger partial charge >= 0.3 is 11.9 Å². The topological polar surface area (TPSA) is 102 Å². The molecule has 0 bridgehead atoms. The van der Waals surface area contributed by atoms with E-state index in [0.717, 1.165) is 38.5 Å². The largest absolute Gasteiger partial charge is 0.544 e. The Morgan fingerprint density at radius 2 is 0.893 bits per heavy atom. The Kier molecular flexibility index (Phi) is 38.5. The monoisotopic (exact) mass is 794 g/mol. The molecular formula is C48H91NO7. The van der Waals surface area contributed by atoms with E-state index >= 15 is 0 Å². The molecule has 0 aromatic heterocycles. The zero-order valence-corrected chi connectivity index (χ0v) is 37.6. The van der Waals surface area contributed by atoms with Crippen molar-refractivity contribution in [3.05, 3.63) is 12.2 Å². The van der Waals surface area contributed by atoms with Crippen molar-refractivity contribution < 1.29 is 38.2 Å². The summed E-state index contributed by atoms with van der Waals surface area (Å²) in [6.45, 7) is 4.68. The molecular weight excluding hydrogens is 703 g/mol. The molecule has 2 atom stereocenters. The molecule has 0 aromatic carbocycles. The molecule has 0 fully saturated rings. The number of rotatable bonds is 43. The van der Waals surface area contributed by atoms with Gasteiger partial charge in [0.2, 0.25) is 0 Å². The lowest BCUT2D eigenvalue weighted by atomic mass is 10.0. The summed E-state index contributed by atoms with van der Waals surface area (Å²) in [5.41, 5.74) is 0. The lowest BCUT2D eigenvalue weighted by Gasteiger charge is -2.34. The molecule has 330 valence electrons. The molecule has 56 heavy (non-hydrogen) atoms. The SMILES string of the molecule is CCCCCC/C=C/CCCCCCCCCC(=O)OC(COCCC(C(=O)[O-])[N+](C)(C)C)COC(=O)CCCCCCCCCCCCCCCCCCC. The first kappa shape index (κ1) is 54.1. The molecule has 0 amide bonds. The van der Waals surface area contributed by atoms with Crippen molar-refractivity contribution in [2.24, 2.45) is 0 Å². The predicted octanol–water partition coefficient (Wildman–Crippen LogP) is 11.8. The van der Waals surface area contributed by atoms with Crippen LogP contribution in [0.15, 0.2) is 12.2 Å². The fourth-order valence-corrected chi connectivity index (χ4v) is 7.18. The van der Waals surface area contributed by atoms with Crippen molar-refractivity contribution in [3.8, 4) is 0 Å². The van der Waals surface area contributed by atoms with Gasteiger partial charge in [-0.05, 0) is 38.5 Å². The Morgan fingerprint density at radius 3 is 1.30 bits per heavy atom. The second-order valence-electron chi connectivity index (χ2n) is 17.4. The maximum absolute atomic E-state index is 12.7. The molecule has 0 heterocycles. The van der Waals surface area contributed by atoms with Crippen molar-refractivity contribution in [1.29, 1.82) is 0 Å². The van der Waals surface area contributed by atoms with Crippen LogP contribution in [0.4, 0.5) is 0 Å². The minimum atomic E-state index is -1.12. The van der Waals surface area contributed by atoms with Crippen LogP contribution in [0.25, 0.3) is 0 Å². The van der Waals surface area contributed by atoms with Gasteiger partial charge in [0.25, 0.3) is 0 Å². The zero-order chi connectivity index (χ0) is 41.4. The lowest BCUT2D eigenvalue weighted by molar-refractivity contribution is -0.889. The average molecular weight is 794 g/mol. The van der Waals surface area contributed by atoms with Crippen molar-refractivity contribution in [2.45, 2.75) is 238 Å². The fourth-order valence-electron chi connectivity index (χ4n) is 7.18. The van der Waals surface area contributed by atoms with Gasteiger partial charge in [-0.1, -0.05) is 180 Å². The molecule has 0 spiro atoms. The number of carboxylic acids is 1. The Balaban J connectivity index is 4.27. The molecule has 8 heteroatoms. The van der Waals surface area contributed by atoms with Crippen LogP contribution in [0.5, 0.6) is 0 Å². The van der Waals surface area contributed by atoms with E-state index in [4.69, 9.17) is 14.2 Å². The maximum atomic E-state index is 12.7. The first-order valence-corrected chi connectivity index (χ1v) is 23.7. The van der Waals surface area contributed by atoms with Gasteiger partial charge < -0.3 is 28.6 Å². The summed E-state index contributed by atoms with van der Waals surface area (Å²) in [5, 5.41) is 11.6. The van der Waals surface area contributed by atoms with Gasteiger partial charge in [-0.2, -0.15) is 0 Å². The standard InChI is InChI=1S/C48H91NO7/c1-6-8-10-12-14-16-18-20-22-23-25-26-28-30-32-34-36-38-46(50)55-43-44(42-54-41-40-45(48(52)53)49(3,4)5)56-47(51)39-37-35-33-31-29-27-24-21-19-17-15-13-11-9-7-2/h17,19,44-45H,6-16,18,20-43H2,1-5H3/b19-17+. The number of hydrogen-bond acceptors (Lipinski definition) is 7. The van der Waals surface area contributed by atoms with Gasteiger partial charge in [-0.3, -0.25) is 9.59 Å². The fraction of sp³-hybridized carbons (Fsp3) is 0.896. The van der Waals surface area contributed by atoms with E-state index in [2.05, 4.69) is 26.0 Å². The molecule has 8 nitrogen and oxygen atoms in total. The first-order valence-electron chi connectivity index (χ1n) is 23.7. The maximum Gasteiger partial charge on any atom is 0.306 e. The smallest absolute Gasteiger partial charge is 0.306 e. The second kappa shape index (κ2) is 39.9. The van der Waals surface area contributed by atoms with Gasteiger partial charge in [0, 0.05) is 19.3 Å². The molecule has 0 saturated carbocycles. The Hall–Kier alpha value is -1.93. The highest BCUT2D eigenvalue weighted by Crippen LogP contribution is 2.16. The number of carboxylic acid groups (broad SMARTS) is 1. The van der Waals surface area contributed by atoms with E-state index in [1.807, 2.05) is 0 Å². The summed E-state index contributed by atoms with van der Waals surface area (Å²) < 4.78 is 17.2. The summed E-state index contributed by atoms with van der Waals surface area (Å²) in [6.07, 6.45) is 42.3. The summed E-state index contributed by atoms with van der Waals surface area (Å²) in [6, 6.07) is -0.722. The van der Waals surface area contributed by atoms with Gasteiger partial charge in [0.1, 0.15) is 12.6 Å². The average Bonchev–Trinajstić information content (AvgIpc) is 3.15. The molecule has 0 N–H and O–H groups in total. The zero-order valence-electron chi connectivity index (χ0n) is 37.6. The third kappa shape index (κ3) is 37.6. The number of allylic oxidation sites excluding steroid dienone is 2. The van der Waals surface area contributed by atoms with E-state index in [-0.39, 0.29) is 42.7 Å². The normalized spacial score (nSPS) is 12.9. The lowest BCUT2D eigenvalue weighted by Crippen LogP contribution is -2.55. The van der Waals surface area contributed by atoms with E-state index < -0.39 is 18.1 Å². The van der Waals surface area contributed by atoms with Crippen LogP contribution in [-0.4, -0.2) is 75.5 Å². The quantitative estimate of drug-likeness (QED) is 0.0262. The third-order valence-corrected chi connectivity index (χ3v) is 10.9. The number of carbonyl (C=O) groups excluding carboxylic acids is 3. The highest BCUT2D eigenvalue weighted by Gasteiger charge is 2.25. The number of ether oxygens (including phenoxy) is 3. The molecule has 2 unspecified atom stereocenters. The number of esters is 2.